The average molecular weight is 377 g/mol. The molecule has 150 valence electrons. The van der Waals surface area contributed by atoms with E-state index in [2.05, 4.69) is 22.8 Å². The summed E-state index contributed by atoms with van der Waals surface area (Å²) in [6, 6.07) is 10.4. The summed E-state index contributed by atoms with van der Waals surface area (Å²) >= 11 is 0. The molecule has 1 saturated heterocycles. The number of methoxy groups -OCH3 is 1. The van der Waals surface area contributed by atoms with Gasteiger partial charge in [0.1, 0.15) is 6.10 Å². The van der Waals surface area contributed by atoms with Gasteiger partial charge in [0.2, 0.25) is 0 Å². The van der Waals surface area contributed by atoms with Crippen LogP contribution in [0, 0.1) is 0 Å². The smallest absolute Gasteiger partial charge is 0.409 e. The van der Waals surface area contributed by atoms with Gasteiger partial charge in [-0.1, -0.05) is 30.3 Å². The van der Waals surface area contributed by atoms with E-state index in [1.807, 2.05) is 32.0 Å². The van der Waals surface area contributed by atoms with Crippen molar-refractivity contribution in [3.05, 3.63) is 35.9 Å². The number of carbonyl (C=O) groups excluding carboxylic acids is 1. The molecule has 0 aromatic heterocycles. The van der Waals surface area contributed by atoms with Crippen molar-refractivity contribution in [1.82, 2.24) is 15.5 Å². The first kappa shape index (κ1) is 21.0. The van der Waals surface area contributed by atoms with Crippen LogP contribution >= 0.6 is 0 Å². The molecule has 2 N–H and O–H groups in total. The average Bonchev–Trinajstić information content (AvgIpc) is 2.70. The van der Waals surface area contributed by atoms with Crippen molar-refractivity contribution in [2.75, 3.05) is 39.9 Å². The summed E-state index contributed by atoms with van der Waals surface area (Å²) in [6.07, 6.45) is 1.44. The van der Waals surface area contributed by atoms with Gasteiger partial charge in [0, 0.05) is 32.8 Å². The Kier molecular flexibility index (Phi) is 8.91. The van der Waals surface area contributed by atoms with E-state index in [-0.39, 0.29) is 18.2 Å². The lowest BCUT2D eigenvalue weighted by Crippen LogP contribution is -2.50. The number of hydrogen-bond donors (Lipinski definition) is 2. The normalized spacial score (nSPS) is 16.7. The van der Waals surface area contributed by atoms with Gasteiger partial charge in [-0.15, -0.1) is 0 Å². The molecule has 1 aliphatic rings. The van der Waals surface area contributed by atoms with Crippen LogP contribution in [0.5, 0.6) is 0 Å². The van der Waals surface area contributed by atoms with E-state index in [9.17, 15) is 4.79 Å². The Morgan fingerprint density at radius 2 is 1.96 bits per heavy atom. The van der Waals surface area contributed by atoms with Crippen LogP contribution < -0.4 is 10.6 Å². The highest BCUT2D eigenvalue weighted by atomic mass is 16.6. The van der Waals surface area contributed by atoms with Crippen LogP contribution in [0.4, 0.5) is 4.79 Å². The Labute approximate surface area is 162 Å². The monoisotopic (exact) mass is 376 g/mol. The van der Waals surface area contributed by atoms with Gasteiger partial charge in [-0.25, -0.2) is 4.79 Å². The van der Waals surface area contributed by atoms with E-state index < -0.39 is 0 Å². The molecule has 1 amide bonds. The lowest BCUT2D eigenvalue weighted by Gasteiger charge is -2.32. The van der Waals surface area contributed by atoms with Crippen LogP contribution in [0.15, 0.2) is 35.3 Å². The molecular formula is C20H32N4O3. The van der Waals surface area contributed by atoms with Crippen LogP contribution in [0.25, 0.3) is 0 Å². The van der Waals surface area contributed by atoms with Gasteiger partial charge < -0.3 is 25.0 Å². The predicted molar refractivity (Wildman–Crippen MR) is 107 cm³/mol. The van der Waals surface area contributed by atoms with Gasteiger partial charge in [0.25, 0.3) is 0 Å². The van der Waals surface area contributed by atoms with Crippen LogP contribution in [0.3, 0.4) is 0 Å². The van der Waals surface area contributed by atoms with Gasteiger partial charge in [0.05, 0.1) is 13.2 Å². The lowest BCUT2D eigenvalue weighted by atomic mass is 10.1. The van der Waals surface area contributed by atoms with Crippen LogP contribution in [0.1, 0.15) is 38.4 Å². The Morgan fingerprint density at radius 3 is 2.56 bits per heavy atom. The molecule has 7 heteroatoms. The second-order valence-electron chi connectivity index (χ2n) is 6.46. The van der Waals surface area contributed by atoms with Crippen molar-refractivity contribution in [2.24, 2.45) is 4.99 Å². The molecular weight excluding hydrogens is 344 g/mol. The van der Waals surface area contributed by atoms with Gasteiger partial charge in [-0.2, -0.15) is 0 Å². The maximum absolute atomic E-state index is 11.8. The van der Waals surface area contributed by atoms with Crippen molar-refractivity contribution >= 4 is 12.1 Å². The molecule has 0 saturated carbocycles. The maximum atomic E-state index is 11.8. The van der Waals surface area contributed by atoms with E-state index in [1.54, 1.807) is 12.0 Å². The summed E-state index contributed by atoms with van der Waals surface area (Å²) in [7, 11) is 1.71. The number of amides is 1. The molecule has 0 bridgehead atoms. The molecule has 0 radical (unpaired) electrons. The zero-order chi connectivity index (χ0) is 19.5. The number of rotatable bonds is 7. The number of guanidine groups is 1. The molecule has 1 atom stereocenters. The minimum atomic E-state index is -0.220. The maximum Gasteiger partial charge on any atom is 0.409 e. The summed E-state index contributed by atoms with van der Waals surface area (Å²) < 4.78 is 10.7. The second kappa shape index (κ2) is 11.4. The second-order valence-corrected chi connectivity index (χ2v) is 6.46. The molecule has 1 unspecified atom stereocenters. The quantitative estimate of drug-likeness (QED) is 0.565. The van der Waals surface area contributed by atoms with Gasteiger partial charge in [0.15, 0.2) is 5.96 Å². The number of nitrogens with zero attached hydrogens (tertiary/aromatic N) is 2. The number of ether oxygens (including phenoxy) is 2. The van der Waals surface area contributed by atoms with Gasteiger partial charge in [-0.05, 0) is 32.3 Å². The summed E-state index contributed by atoms with van der Waals surface area (Å²) in [6.45, 7) is 7.01. The van der Waals surface area contributed by atoms with E-state index in [0.29, 0.717) is 26.2 Å². The Hall–Kier alpha value is -2.28. The minimum Gasteiger partial charge on any atom is -0.450 e. The molecule has 0 spiro atoms. The topological polar surface area (TPSA) is 75.2 Å². The zero-order valence-electron chi connectivity index (χ0n) is 16.6. The molecule has 27 heavy (non-hydrogen) atoms. The van der Waals surface area contributed by atoms with Gasteiger partial charge in [-0.3, -0.25) is 4.99 Å². The molecule has 1 fully saturated rings. The number of nitrogens with one attached hydrogen (secondary N) is 2. The number of benzene rings is 1. The molecule has 7 nitrogen and oxygen atoms in total. The van der Waals surface area contributed by atoms with Crippen molar-refractivity contribution in [1.29, 1.82) is 0 Å². The first-order valence-corrected chi connectivity index (χ1v) is 9.72. The summed E-state index contributed by atoms with van der Waals surface area (Å²) in [4.78, 5) is 18.3. The number of aliphatic imine (C=N–C) groups is 1. The van der Waals surface area contributed by atoms with Crippen LogP contribution in [-0.2, 0) is 9.47 Å². The largest absolute Gasteiger partial charge is 0.450 e. The van der Waals surface area contributed by atoms with E-state index in [4.69, 9.17) is 14.5 Å². The highest BCUT2D eigenvalue weighted by Crippen LogP contribution is 2.16. The fourth-order valence-electron chi connectivity index (χ4n) is 3.09. The summed E-state index contributed by atoms with van der Waals surface area (Å²) in [5.74, 6) is 0.782. The van der Waals surface area contributed by atoms with Gasteiger partial charge >= 0.3 is 6.09 Å². The molecule has 1 aromatic rings. The number of piperidine rings is 1. The zero-order valence-corrected chi connectivity index (χ0v) is 16.6. The van der Waals surface area contributed by atoms with Crippen LogP contribution in [0.2, 0.25) is 0 Å². The predicted octanol–water partition coefficient (Wildman–Crippen LogP) is 2.55. The highest BCUT2D eigenvalue weighted by Gasteiger charge is 2.24. The van der Waals surface area contributed by atoms with E-state index in [0.717, 1.165) is 30.9 Å². The lowest BCUT2D eigenvalue weighted by molar-refractivity contribution is 0.0962. The first-order valence-electron chi connectivity index (χ1n) is 9.72. The SMILES string of the molecule is CCNC(=NCC(OC)c1ccccc1)NC1CCN(C(=O)OCC)CC1. The Balaban J connectivity index is 1.89. The molecule has 1 aliphatic heterocycles. The summed E-state index contributed by atoms with van der Waals surface area (Å²) in [5.41, 5.74) is 1.11. The fraction of sp³-hybridized carbons (Fsp3) is 0.600. The standard InChI is InChI=1S/C20H32N4O3/c1-4-21-19(22-15-18(26-3)16-9-7-6-8-10-16)23-17-11-13-24(14-12-17)20(25)27-5-2/h6-10,17-18H,4-5,11-15H2,1-3H3,(H2,21,22,23). The van der Waals surface area contributed by atoms with Crippen molar-refractivity contribution in [3.63, 3.8) is 0 Å². The third kappa shape index (κ3) is 6.75. The molecule has 1 aromatic carbocycles. The molecule has 1 heterocycles. The van der Waals surface area contributed by atoms with Crippen molar-refractivity contribution < 1.29 is 14.3 Å². The molecule has 0 aliphatic carbocycles. The fourth-order valence-corrected chi connectivity index (χ4v) is 3.09. The van der Waals surface area contributed by atoms with Crippen molar-refractivity contribution in [3.8, 4) is 0 Å². The number of likely N-dealkylation sites (tertiary alicyclic amines) is 1. The van der Waals surface area contributed by atoms with E-state index >= 15 is 0 Å². The molecule has 2 rings (SSSR count). The third-order valence-electron chi connectivity index (χ3n) is 4.58. The number of carbonyl (C=O) groups is 1. The van der Waals surface area contributed by atoms with Crippen molar-refractivity contribution in [2.45, 2.75) is 38.8 Å². The van der Waals surface area contributed by atoms with E-state index in [1.165, 1.54) is 0 Å². The highest BCUT2D eigenvalue weighted by molar-refractivity contribution is 5.80. The number of hydrogen-bond acceptors (Lipinski definition) is 4. The first-order chi connectivity index (χ1) is 13.2. The van der Waals surface area contributed by atoms with Crippen LogP contribution in [-0.4, -0.2) is 62.9 Å². The third-order valence-corrected chi connectivity index (χ3v) is 4.58. The Morgan fingerprint density at radius 1 is 1.26 bits per heavy atom. The minimum absolute atomic E-state index is 0.0766. The Bertz CT molecular complexity index is 586. The summed E-state index contributed by atoms with van der Waals surface area (Å²) in [5, 5.41) is 6.78.